The molecule has 0 saturated heterocycles. The van der Waals surface area contributed by atoms with Crippen LogP contribution in [-0.4, -0.2) is 28.5 Å². The molecular formula is C18H19ClN4O2S2. The third-order valence-electron chi connectivity index (χ3n) is 3.71. The lowest BCUT2D eigenvalue weighted by atomic mass is 10.2. The predicted octanol–water partition coefficient (Wildman–Crippen LogP) is 4.29. The smallest absolute Gasteiger partial charge is 0.248 e. The summed E-state index contributed by atoms with van der Waals surface area (Å²) in [5.41, 5.74) is 7.55. The van der Waals surface area contributed by atoms with Gasteiger partial charge >= 0.3 is 0 Å². The average molecular weight is 423 g/mol. The number of hydrogen-bond donors (Lipinski definition) is 2. The van der Waals surface area contributed by atoms with E-state index in [4.69, 9.17) is 22.1 Å². The number of halogens is 1. The fourth-order valence-corrected chi connectivity index (χ4v) is 4.29. The molecule has 0 aliphatic heterocycles. The monoisotopic (exact) mass is 422 g/mol. The van der Waals surface area contributed by atoms with Crippen LogP contribution in [0.25, 0.3) is 10.6 Å². The highest BCUT2D eigenvalue weighted by molar-refractivity contribution is 7.17. The number of aromatic nitrogens is 2. The molecule has 2 aromatic heterocycles. The Balaban J connectivity index is 1.56. The molecule has 0 saturated carbocycles. The van der Waals surface area contributed by atoms with Crippen LogP contribution in [0.2, 0.25) is 0 Å². The number of carbonyl (C=O) groups is 1. The number of hydrogen-bond acceptors (Lipinski definition) is 7. The molecule has 1 atom stereocenters. The zero-order valence-electron chi connectivity index (χ0n) is 14.9. The molecule has 2 heterocycles. The molecule has 0 spiro atoms. The van der Waals surface area contributed by atoms with E-state index in [0.717, 1.165) is 26.4 Å². The Morgan fingerprint density at radius 2 is 2.07 bits per heavy atom. The Hall–Kier alpha value is -2.16. The third kappa shape index (κ3) is 4.97. The number of alkyl halides is 1. The summed E-state index contributed by atoms with van der Waals surface area (Å²) in [6.45, 7) is 4.52. The van der Waals surface area contributed by atoms with Crippen molar-refractivity contribution in [3.8, 4) is 16.3 Å². The number of thiazole rings is 2. The van der Waals surface area contributed by atoms with Crippen molar-refractivity contribution in [2.75, 3.05) is 11.9 Å². The van der Waals surface area contributed by atoms with Gasteiger partial charge in [0.25, 0.3) is 0 Å². The highest BCUT2D eigenvalue weighted by atomic mass is 35.5. The number of aryl methyl sites for hydroxylation is 1. The maximum Gasteiger partial charge on any atom is 0.248 e. The summed E-state index contributed by atoms with van der Waals surface area (Å²) in [5.74, 6) is 0.643. The van der Waals surface area contributed by atoms with Crippen LogP contribution in [-0.2, 0) is 5.88 Å². The quantitative estimate of drug-likeness (QED) is 0.528. The lowest BCUT2D eigenvalue weighted by Crippen LogP contribution is -2.22. The minimum atomic E-state index is -0.454. The van der Waals surface area contributed by atoms with Gasteiger partial charge < -0.3 is 15.8 Å². The number of benzene rings is 1. The first-order valence-electron chi connectivity index (χ1n) is 8.25. The standard InChI is InChI=1S/C18H19ClN4O2S2/c1-10(25-13-5-3-12(4-6-13)17(20)24)8-21-18-23-14(9-26-18)16-11(2)22-15(7-19)27-16/h3-6,9-10H,7-8H2,1-2H3,(H2,20,24)(H,21,23). The topological polar surface area (TPSA) is 90.1 Å². The fourth-order valence-electron chi connectivity index (χ4n) is 2.41. The van der Waals surface area contributed by atoms with Gasteiger partial charge in [0.1, 0.15) is 16.9 Å². The molecule has 0 aliphatic rings. The molecule has 1 aromatic carbocycles. The Labute approximate surface area is 170 Å². The van der Waals surface area contributed by atoms with Crippen LogP contribution in [0, 0.1) is 6.92 Å². The van der Waals surface area contributed by atoms with Crippen LogP contribution < -0.4 is 15.8 Å². The molecule has 1 amide bonds. The number of amides is 1. The van der Waals surface area contributed by atoms with E-state index in [1.54, 1.807) is 46.9 Å². The normalized spacial score (nSPS) is 12.0. The SMILES string of the molecule is Cc1nc(CCl)sc1-c1csc(NCC(C)Oc2ccc(C(N)=O)cc2)n1. The van der Waals surface area contributed by atoms with Crippen LogP contribution >= 0.6 is 34.3 Å². The summed E-state index contributed by atoms with van der Waals surface area (Å²) in [4.78, 5) is 21.2. The van der Waals surface area contributed by atoms with Crippen molar-refractivity contribution in [2.24, 2.45) is 5.73 Å². The van der Waals surface area contributed by atoms with Gasteiger partial charge in [-0.1, -0.05) is 0 Å². The summed E-state index contributed by atoms with van der Waals surface area (Å²) in [6.07, 6.45) is -0.0789. The van der Waals surface area contributed by atoms with Crippen molar-refractivity contribution in [1.82, 2.24) is 9.97 Å². The maximum absolute atomic E-state index is 11.1. The lowest BCUT2D eigenvalue weighted by molar-refractivity contribution is 0.1000. The van der Waals surface area contributed by atoms with Crippen molar-refractivity contribution >= 4 is 45.3 Å². The van der Waals surface area contributed by atoms with Gasteiger partial charge in [-0.05, 0) is 38.1 Å². The van der Waals surface area contributed by atoms with Gasteiger partial charge in [-0.15, -0.1) is 34.3 Å². The van der Waals surface area contributed by atoms with E-state index < -0.39 is 5.91 Å². The van der Waals surface area contributed by atoms with Gasteiger partial charge in [0.2, 0.25) is 5.91 Å². The van der Waals surface area contributed by atoms with Crippen LogP contribution in [0.5, 0.6) is 5.75 Å². The summed E-state index contributed by atoms with van der Waals surface area (Å²) in [6, 6.07) is 6.77. The number of nitrogens with zero attached hydrogens (tertiary/aromatic N) is 2. The average Bonchev–Trinajstić information content (AvgIpc) is 3.26. The van der Waals surface area contributed by atoms with Crippen molar-refractivity contribution in [3.63, 3.8) is 0 Å². The van der Waals surface area contributed by atoms with E-state index in [2.05, 4.69) is 15.3 Å². The van der Waals surface area contributed by atoms with Crippen LogP contribution in [0.4, 0.5) is 5.13 Å². The van der Waals surface area contributed by atoms with Crippen molar-refractivity contribution in [2.45, 2.75) is 25.8 Å². The minimum Gasteiger partial charge on any atom is -0.489 e. The van der Waals surface area contributed by atoms with E-state index in [1.807, 2.05) is 19.2 Å². The molecule has 0 radical (unpaired) electrons. The van der Waals surface area contributed by atoms with E-state index in [1.165, 1.54) is 0 Å². The molecule has 3 aromatic rings. The maximum atomic E-state index is 11.1. The van der Waals surface area contributed by atoms with Crippen molar-refractivity contribution < 1.29 is 9.53 Å². The number of carbonyl (C=O) groups excluding carboxylic acids is 1. The minimum absolute atomic E-state index is 0.0789. The fraction of sp³-hybridized carbons (Fsp3) is 0.278. The number of ether oxygens (including phenoxy) is 1. The van der Waals surface area contributed by atoms with Gasteiger partial charge in [0.05, 0.1) is 28.7 Å². The zero-order valence-corrected chi connectivity index (χ0v) is 17.2. The second-order valence-electron chi connectivity index (χ2n) is 5.89. The third-order valence-corrected chi connectivity index (χ3v) is 6.10. The second kappa shape index (κ2) is 8.69. The van der Waals surface area contributed by atoms with Gasteiger partial charge in [-0.3, -0.25) is 4.79 Å². The largest absolute Gasteiger partial charge is 0.489 e. The zero-order chi connectivity index (χ0) is 19.4. The predicted molar refractivity (Wildman–Crippen MR) is 111 cm³/mol. The molecule has 3 rings (SSSR count). The van der Waals surface area contributed by atoms with E-state index in [0.29, 0.717) is 23.7 Å². The molecule has 6 nitrogen and oxygen atoms in total. The molecule has 0 aliphatic carbocycles. The molecular weight excluding hydrogens is 404 g/mol. The summed E-state index contributed by atoms with van der Waals surface area (Å²) in [7, 11) is 0. The Morgan fingerprint density at radius 1 is 1.33 bits per heavy atom. The highest BCUT2D eigenvalue weighted by Gasteiger charge is 2.13. The number of nitrogens with one attached hydrogen (secondary N) is 1. The summed E-state index contributed by atoms with van der Waals surface area (Å²) < 4.78 is 5.84. The Morgan fingerprint density at radius 3 is 2.70 bits per heavy atom. The molecule has 0 bridgehead atoms. The molecule has 3 N–H and O–H groups in total. The van der Waals surface area contributed by atoms with E-state index in [-0.39, 0.29) is 6.10 Å². The van der Waals surface area contributed by atoms with Gasteiger partial charge in [0.15, 0.2) is 5.13 Å². The number of nitrogens with two attached hydrogens (primary N) is 1. The first kappa shape index (κ1) is 19.6. The number of primary amides is 1. The number of anilines is 1. The molecule has 142 valence electrons. The van der Waals surface area contributed by atoms with Crippen LogP contribution in [0.15, 0.2) is 29.6 Å². The van der Waals surface area contributed by atoms with E-state index >= 15 is 0 Å². The summed E-state index contributed by atoms with van der Waals surface area (Å²) in [5, 5.41) is 7.02. The van der Waals surface area contributed by atoms with Gasteiger partial charge in [-0.2, -0.15) is 0 Å². The van der Waals surface area contributed by atoms with Crippen molar-refractivity contribution in [3.05, 3.63) is 45.9 Å². The highest BCUT2D eigenvalue weighted by Crippen LogP contribution is 2.32. The Kier molecular flexibility index (Phi) is 6.30. The van der Waals surface area contributed by atoms with Crippen LogP contribution in [0.1, 0.15) is 28.0 Å². The van der Waals surface area contributed by atoms with E-state index in [9.17, 15) is 4.79 Å². The van der Waals surface area contributed by atoms with Crippen molar-refractivity contribution in [1.29, 1.82) is 0 Å². The molecule has 9 heteroatoms. The Bertz CT molecular complexity index is 924. The first-order valence-corrected chi connectivity index (χ1v) is 10.5. The number of rotatable bonds is 8. The van der Waals surface area contributed by atoms with Gasteiger partial charge in [0, 0.05) is 10.9 Å². The molecule has 1 unspecified atom stereocenters. The van der Waals surface area contributed by atoms with Crippen LogP contribution in [0.3, 0.4) is 0 Å². The first-order chi connectivity index (χ1) is 13.0. The molecule has 27 heavy (non-hydrogen) atoms. The van der Waals surface area contributed by atoms with Gasteiger partial charge in [-0.25, -0.2) is 9.97 Å². The molecule has 0 fully saturated rings. The lowest BCUT2D eigenvalue weighted by Gasteiger charge is -2.15. The second-order valence-corrected chi connectivity index (χ2v) is 8.10. The summed E-state index contributed by atoms with van der Waals surface area (Å²) >= 11 is 8.97.